The number of nitrogens with one attached hydrogen (secondary N) is 1. The smallest absolute Gasteiger partial charge is 0.265 e. The van der Waals surface area contributed by atoms with E-state index in [0.29, 0.717) is 14.8 Å². The van der Waals surface area contributed by atoms with E-state index in [-0.39, 0.29) is 11.5 Å². The number of carboxylic acid groups (broad SMARTS) is 2. The molecular formula is C16H12N2O6S2-2. The fraction of sp³-hybridized carbons (Fsp3) is 0.188. The van der Waals surface area contributed by atoms with E-state index in [1.54, 1.807) is 25.3 Å². The van der Waals surface area contributed by atoms with Gasteiger partial charge in [0.25, 0.3) is 11.8 Å². The van der Waals surface area contributed by atoms with Gasteiger partial charge in [-0.25, -0.2) is 0 Å². The molecule has 2 amide bonds. The largest absolute Gasteiger partial charge is 0.550 e. The van der Waals surface area contributed by atoms with Gasteiger partial charge in [-0.2, -0.15) is 0 Å². The Labute approximate surface area is 157 Å². The van der Waals surface area contributed by atoms with Crippen LogP contribution in [0.5, 0.6) is 0 Å². The van der Waals surface area contributed by atoms with Crippen LogP contribution in [0.4, 0.5) is 0 Å². The SMILES string of the molecule is CN1C(=O)/C(=C\c2ccc(C(=O)N[C@H](CC(=O)[O-])C(=O)[O-])cc2)SC1=S. The molecule has 1 aliphatic rings. The summed E-state index contributed by atoms with van der Waals surface area (Å²) in [7, 11) is 1.58. The highest BCUT2D eigenvalue weighted by molar-refractivity contribution is 8.26. The van der Waals surface area contributed by atoms with Crippen LogP contribution in [0, 0.1) is 0 Å². The molecule has 2 rings (SSSR count). The summed E-state index contributed by atoms with van der Waals surface area (Å²) in [5.74, 6) is -4.34. The predicted molar refractivity (Wildman–Crippen MR) is 93.3 cm³/mol. The van der Waals surface area contributed by atoms with E-state index in [9.17, 15) is 29.4 Å². The molecular weight excluding hydrogens is 380 g/mol. The third-order valence-corrected chi connectivity index (χ3v) is 4.90. The van der Waals surface area contributed by atoms with Crippen molar-refractivity contribution in [3.05, 3.63) is 40.3 Å². The number of carboxylic acids is 2. The first-order chi connectivity index (χ1) is 12.2. The zero-order chi connectivity index (χ0) is 19.4. The number of rotatable bonds is 6. The second-order valence-corrected chi connectivity index (χ2v) is 6.96. The Kier molecular flexibility index (Phi) is 6.11. The number of aliphatic carboxylic acids is 2. The average Bonchev–Trinajstić information content (AvgIpc) is 2.81. The summed E-state index contributed by atoms with van der Waals surface area (Å²) < 4.78 is 0.443. The van der Waals surface area contributed by atoms with Gasteiger partial charge in [0, 0.05) is 25.0 Å². The fourth-order valence-corrected chi connectivity index (χ4v) is 3.21. The zero-order valence-corrected chi connectivity index (χ0v) is 15.0. The molecule has 1 aromatic carbocycles. The van der Waals surface area contributed by atoms with Gasteiger partial charge in [-0.1, -0.05) is 36.1 Å². The van der Waals surface area contributed by atoms with Gasteiger partial charge in [0.15, 0.2) is 0 Å². The third kappa shape index (κ3) is 4.67. The van der Waals surface area contributed by atoms with Crippen LogP contribution in [0.1, 0.15) is 22.3 Å². The van der Waals surface area contributed by atoms with Crippen LogP contribution in [0.3, 0.4) is 0 Å². The molecule has 1 atom stereocenters. The number of likely N-dealkylation sites (N-methyl/N-ethyl adjacent to an activating group) is 1. The number of hydrogen-bond donors (Lipinski definition) is 1. The number of hydrogen-bond acceptors (Lipinski definition) is 8. The molecule has 1 N–H and O–H groups in total. The Morgan fingerprint density at radius 3 is 2.35 bits per heavy atom. The maximum absolute atomic E-state index is 12.0. The van der Waals surface area contributed by atoms with E-state index in [1.165, 1.54) is 17.0 Å². The molecule has 0 bridgehead atoms. The van der Waals surface area contributed by atoms with E-state index in [0.717, 1.165) is 11.8 Å². The summed E-state index contributed by atoms with van der Waals surface area (Å²) in [5.41, 5.74) is 0.761. The van der Waals surface area contributed by atoms with Gasteiger partial charge >= 0.3 is 0 Å². The summed E-state index contributed by atoms with van der Waals surface area (Å²) in [6.45, 7) is 0. The molecule has 26 heavy (non-hydrogen) atoms. The molecule has 1 aliphatic heterocycles. The molecule has 1 aromatic rings. The van der Waals surface area contributed by atoms with Crippen molar-refractivity contribution >= 4 is 58.1 Å². The first-order valence-electron chi connectivity index (χ1n) is 7.22. The Hall–Kier alpha value is -2.72. The third-order valence-electron chi connectivity index (χ3n) is 3.42. The number of benzene rings is 1. The van der Waals surface area contributed by atoms with Crippen LogP contribution in [0.25, 0.3) is 6.08 Å². The van der Waals surface area contributed by atoms with Crippen molar-refractivity contribution in [2.24, 2.45) is 0 Å². The van der Waals surface area contributed by atoms with Crippen molar-refractivity contribution < 1.29 is 29.4 Å². The second kappa shape index (κ2) is 8.11. The maximum atomic E-state index is 12.0. The van der Waals surface area contributed by atoms with Crippen molar-refractivity contribution in [1.82, 2.24) is 10.2 Å². The van der Waals surface area contributed by atoms with Crippen molar-refractivity contribution in [2.75, 3.05) is 7.05 Å². The minimum absolute atomic E-state index is 0.120. The summed E-state index contributed by atoms with van der Waals surface area (Å²) in [6, 6.07) is 4.25. The van der Waals surface area contributed by atoms with E-state index in [4.69, 9.17) is 12.2 Å². The number of amides is 2. The quantitative estimate of drug-likeness (QED) is 0.458. The van der Waals surface area contributed by atoms with Gasteiger partial charge in [-0.3, -0.25) is 14.5 Å². The van der Waals surface area contributed by atoms with Gasteiger partial charge in [-0.15, -0.1) is 0 Å². The van der Waals surface area contributed by atoms with E-state index >= 15 is 0 Å². The summed E-state index contributed by atoms with van der Waals surface area (Å²) in [5, 5.41) is 23.4. The molecule has 1 fully saturated rings. The lowest BCUT2D eigenvalue weighted by atomic mass is 10.1. The van der Waals surface area contributed by atoms with E-state index < -0.39 is 30.3 Å². The molecule has 136 valence electrons. The topological polar surface area (TPSA) is 130 Å². The number of carbonyl (C=O) groups is 4. The van der Waals surface area contributed by atoms with E-state index in [1.807, 2.05) is 0 Å². The highest BCUT2D eigenvalue weighted by Crippen LogP contribution is 2.31. The Morgan fingerprint density at radius 1 is 1.27 bits per heavy atom. The molecule has 0 saturated carbocycles. The maximum Gasteiger partial charge on any atom is 0.265 e. The van der Waals surface area contributed by atoms with Crippen LogP contribution in [0.2, 0.25) is 0 Å². The van der Waals surface area contributed by atoms with Crippen LogP contribution in [-0.4, -0.2) is 46.1 Å². The predicted octanol–water partition coefficient (Wildman–Crippen LogP) is -1.49. The molecule has 0 radical (unpaired) electrons. The molecule has 10 heteroatoms. The lowest BCUT2D eigenvalue weighted by Crippen LogP contribution is -2.50. The lowest BCUT2D eigenvalue weighted by Gasteiger charge is -2.20. The number of carbonyl (C=O) groups excluding carboxylic acids is 4. The minimum atomic E-state index is -1.72. The first-order valence-corrected chi connectivity index (χ1v) is 8.44. The summed E-state index contributed by atoms with van der Waals surface area (Å²) in [6.07, 6.45) is 0.718. The fourth-order valence-electron chi connectivity index (χ4n) is 2.03. The highest BCUT2D eigenvalue weighted by atomic mass is 32.2. The zero-order valence-electron chi connectivity index (χ0n) is 13.4. The molecule has 1 saturated heterocycles. The van der Waals surface area contributed by atoms with Crippen LogP contribution < -0.4 is 15.5 Å². The molecule has 0 aromatic heterocycles. The first kappa shape index (κ1) is 19.6. The summed E-state index contributed by atoms with van der Waals surface area (Å²) >= 11 is 6.19. The molecule has 0 aliphatic carbocycles. The monoisotopic (exact) mass is 392 g/mol. The Balaban J connectivity index is 2.10. The van der Waals surface area contributed by atoms with Gasteiger partial charge in [0.1, 0.15) is 4.32 Å². The Bertz CT molecular complexity index is 819. The summed E-state index contributed by atoms with van der Waals surface area (Å²) in [4.78, 5) is 47.1. The van der Waals surface area contributed by atoms with Gasteiger partial charge in [0.2, 0.25) is 0 Å². The van der Waals surface area contributed by atoms with E-state index in [2.05, 4.69) is 5.32 Å². The second-order valence-electron chi connectivity index (χ2n) is 5.28. The molecule has 0 unspecified atom stereocenters. The minimum Gasteiger partial charge on any atom is -0.550 e. The van der Waals surface area contributed by atoms with Gasteiger partial charge in [-0.05, 0) is 23.8 Å². The number of thioether (sulfide) groups is 1. The molecule has 1 heterocycles. The van der Waals surface area contributed by atoms with Crippen LogP contribution in [-0.2, 0) is 14.4 Å². The average molecular weight is 392 g/mol. The molecule has 0 spiro atoms. The van der Waals surface area contributed by atoms with Gasteiger partial charge < -0.3 is 25.1 Å². The number of nitrogens with zero attached hydrogens (tertiary/aromatic N) is 1. The normalized spacial score (nSPS) is 16.7. The standard InChI is InChI=1S/C16H14N2O6S2/c1-18-14(22)11(26-16(18)25)6-8-2-4-9(5-3-8)13(21)17-10(15(23)24)7-12(19)20/h2-6,10H,7H2,1H3,(H,17,21)(H,19,20)(H,23,24)/p-2/b11-6+/t10-/m1/s1. The Morgan fingerprint density at radius 2 is 1.88 bits per heavy atom. The van der Waals surface area contributed by atoms with Crippen molar-refractivity contribution in [3.8, 4) is 0 Å². The number of thiocarbonyl (C=S) groups is 1. The van der Waals surface area contributed by atoms with Crippen LogP contribution in [0.15, 0.2) is 29.2 Å². The van der Waals surface area contributed by atoms with Crippen LogP contribution >= 0.6 is 24.0 Å². The molecule has 8 nitrogen and oxygen atoms in total. The van der Waals surface area contributed by atoms with Gasteiger partial charge in [0.05, 0.1) is 16.9 Å². The van der Waals surface area contributed by atoms with Crippen molar-refractivity contribution in [1.29, 1.82) is 0 Å². The van der Waals surface area contributed by atoms with Crippen molar-refractivity contribution in [3.63, 3.8) is 0 Å². The van der Waals surface area contributed by atoms with Crippen molar-refractivity contribution in [2.45, 2.75) is 12.5 Å². The highest BCUT2D eigenvalue weighted by Gasteiger charge is 2.28. The lowest BCUT2D eigenvalue weighted by molar-refractivity contribution is -0.317.